The van der Waals surface area contributed by atoms with Gasteiger partial charge in [0.25, 0.3) is 5.91 Å². The monoisotopic (exact) mass is 374 g/mol. The minimum atomic E-state index is 0.0151. The summed E-state index contributed by atoms with van der Waals surface area (Å²) < 4.78 is 1.76. The molecule has 0 N–H and O–H groups in total. The van der Waals surface area contributed by atoms with Crippen LogP contribution in [0.3, 0.4) is 0 Å². The summed E-state index contributed by atoms with van der Waals surface area (Å²) in [5.74, 6) is 0.0151. The first-order valence-electron chi connectivity index (χ1n) is 8.91. The summed E-state index contributed by atoms with van der Waals surface area (Å²) in [7, 11) is 1.87. The fourth-order valence-electron chi connectivity index (χ4n) is 3.86. The minimum Gasteiger partial charge on any atom is -0.308 e. The maximum absolute atomic E-state index is 13.6. The molecule has 1 amide bonds. The van der Waals surface area contributed by atoms with Gasteiger partial charge in [0.05, 0.1) is 27.2 Å². The fraction of sp³-hybridized carbons (Fsp3) is 0.190. The maximum Gasteiger partial charge on any atom is 0.259 e. The van der Waals surface area contributed by atoms with Gasteiger partial charge in [0.2, 0.25) is 0 Å². The van der Waals surface area contributed by atoms with E-state index in [4.69, 9.17) is 4.98 Å². The van der Waals surface area contributed by atoms with Crippen LogP contribution in [0.1, 0.15) is 21.6 Å². The molecule has 5 nitrogen and oxygen atoms in total. The Labute approximate surface area is 160 Å². The Bertz CT molecular complexity index is 1180. The van der Waals surface area contributed by atoms with E-state index in [2.05, 4.69) is 11.2 Å². The highest BCUT2D eigenvalue weighted by Crippen LogP contribution is 2.33. The van der Waals surface area contributed by atoms with E-state index in [1.807, 2.05) is 60.6 Å². The van der Waals surface area contributed by atoms with Gasteiger partial charge in [0.1, 0.15) is 0 Å². The Hall–Kier alpha value is -2.99. The second-order valence-electron chi connectivity index (χ2n) is 6.78. The first-order valence-corrected chi connectivity index (χ1v) is 9.79. The van der Waals surface area contributed by atoms with Crippen molar-refractivity contribution in [3.63, 3.8) is 0 Å². The fourth-order valence-corrected chi connectivity index (χ4v) is 4.54. The standard InChI is InChI=1S/C21H18N4OS/c1-13-19-15(21(26)25-10-9-14-6-3-4-7-17(14)25)12-16(18-8-5-11-27-18)22-20(19)24(2)23-13/h3-8,11-12H,9-10H2,1-2H3. The van der Waals surface area contributed by atoms with Gasteiger partial charge in [-0.15, -0.1) is 11.3 Å². The van der Waals surface area contributed by atoms with Crippen molar-refractivity contribution in [2.24, 2.45) is 7.05 Å². The highest BCUT2D eigenvalue weighted by Gasteiger charge is 2.28. The first-order chi connectivity index (χ1) is 13.1. The Kier molecular flexibility index (Phi) is 3.62. The summed E-state index contributed by atoms with van der Waals surface area (Å²) in [6.45, 7) is 2.64. The van der Waals surface area contributed by atoms with E-state index in [0.29, 0.717) is 12.1 Å². The molecule has 134 valence electrons. The van der Waals surface area contributed by atoms with E-state index in [9.17, 15) is 4.79 Å². The topological polar surface area (TPSA) is 51.0 Å². The quantitative estimate of drug-likeness (QED) is 0.528. The molecule has 4 aromatic rings. The van der Waals surface area contributed by atoms with Gasteiger partial charge in [0, 0.05) is 19.3 Å². The van der Waals surface area contributed by atoms with E-state index >= 15 is 0 Å². The summed E-state index contributed by atoms with van der Waals surface area (Å²) in [5.41, 5.74) is 5.29. The first kappa shape index (κ1) is 16.2. The molecule has 5 rings (SSSR count). The van der Waals surface area contributed by atoms with E-state index in [-0.39, 0.29) is 5.91 Å². The molecular weight excluding hydrogens is 356 g/mol. The van der Waals surface area contributed by atoms with Gasteiger partial charge in [-0.1, -0.05) is 24.3 Å². The highest BCUT2D eigenvalue weighted by atomic mass is 32.1. The predicted octanol–water partition coefficient (Wildman–Crippen LogP) is 4.21. The van der Waals surface area contributed by atoms with E-state index in [1.54, 1.807) is 16.0 Å². The number of thiophene rings is 1. The molecule has 27 heavy (non-hydrogen) atoms. The number of carbonyl (C=O) groups is 1. The largest absolute Gasteiger partial charge is 0.308 e. The van der Waals surface area contributed by atoms with Gasteiger partial charge in [0.15, 0.2) is 5.65 Å². The number of aromatic nitrogens is 3. The molecule has 0 spiro atoms. The zero-order valence-corrected chi connectivity index (χ0v) is 16.0. The lowest BCUT2D eigenvalue weighted by Crippen LogP contribution is -2.29. The summed E-state index contributed by atoms with van der Waals surface area (Å²) in [5, 5.41) is 7.38. The van der Waals surface area contributed by atoms with Crippen LogP contribution in [0.15, 0.2) is 47.8 Å². The third-order valence-corrected chi connectivity index (χ3v) is 6.00. The number of nitrogens with zero attached hydrogens (tertiary/aromatic N) is 4. The zero-order chi connectivity index (χ0) is 18.5. The average molecular weight is 374 g/mol. The van der Waals surface area contributed by atoms with Crippen LogP contribution >= 0.6 is 11.3 Å². The molecule has 0 saturated carbocycles. The van der Waals surface area contributed by atoms with Gasteiger partial charge in [-0.3, -0.25) is 9.48 Å². The normalized spacial score (nSPS) is 13.3. The minimum absolute atomic E-state index is 0.0151. The molecule has 0 radical (unpaired) electrons. The van der Waals surface area contributed by atoms with Crippen molar-refractivity contribution >= 4 is 34.0 Å². The number of carbonyl (C=O) groups excluding carboxylic acids is 1. The molecule has 1 aliphatic heterocycles. The van der Waals surface area contributed by atoms with E-state index < -0.39 is 0 Å². The van der Waals surface area contributed by atoms with Crippen LogP contribution in [0, 0.1) is 6.92 Å². The van der Waals surface area contributed by atoms with Gasteiger partial charge in [-0.2, -0.15) is 5.10 Å². The molecular formula is C21H18N4OS. The van der Waals surface area contributed by atoms with Crippen LogP contribution in [0.2, 0.25) is 0 Å². The number of anilines is 1. The molecule has 6 heteroatoms. The van der Waals surface area contributed by atoms with Crippen LogP contribution < -0.4 is 4.90 Å². The van der Waals surface area contributed by atoms with E-state index in [0.717, 1.165) is 39.4 Å². The molecule has 4 heterocycles. The van der Waals surface area contributed by atoms with Gasteiger partial charge < -0.3 is 4.90 Å². The number of hydrogen-bond donors (Lipinski definition) is 0. The van der Waals surface area contributed by atoms with Crippen LogP contribution in [-0.4, -0.2) is 27.2 Å². The smallest absolute Gasteiger partial charge is 0.259 e. The summed E-state index contributed by atoms with van der Waals surface area (Å²) in [4.78, 5) is 21.3. The molecule has 0 unspecified atom stereocenters. The third kappa shape index (κ3) is 2.48. The number of rotatable bonds is 2. The number of pyridine rings is 1. The summed E-state index contributed by atoms with van der Waals surface area (Å²) in [6.07, 6.45) is 0.889. The van der Waals surface area contributed by atoms with Crippen LogP contribution in [0.5, 0.6) is 0 Å². The van der Waals surface area contributed by atoms with Crippen LogP contribution in [-0.2, 0) is 13.5 Å². The van der Waals surface area contributed by atoms with Crippen molar-refractivity contribution in [2.75, 3.05) is 11.4 Å². The van der Waals surface area contributed by atoms with Crippen molar-refractivity contribution in [1.82, 2.24) is 14.8 Å². The predicted molar refractivity (Wildman–Crippen MR) is 108 cm³/mol. The van der Waals surface area contributed by atoms with Gasteiger partial charge in [-0.05, 0) is 42.5 Å². The zero-order valence-electron chi connectivity index (χ0n) is 15.1. The highest BCUT2D eigenvalue weighted by molar-refractivity contribution is 7.13. The summed E-state index contributed by atoms with van der Waals surface area (Å²) >= 11 is 1.62. The lowest BCUT2D eigenvalue weighted by molar-refractivity contribution is 0.0991. The molecule has 1 aromatic carbocycles. The Morgan fingerprint density at radius 3 is 2.85 bits per heavy atom. The Morgan fingerprint density at radius 2 is 2.04 bits per heavy atom. The maximum atomic E-state index is 13.6. The summed E-state index contributed by atoms with van der Waals surface area (Å²) in [6, 6.07) is 14.1. The Balaban J connectivity index is 1.71. The van der Waals surface area contributed by atoms with E-state index in [1.165, 1.54) is 5.56 Å². The molecule has 3 aromatic heterocycles. The average Bonchev–Trinajstić information content (AvgIpc) is 3.40. The van der Waals surface area contributed by atoms with Crippen molar-refractivity contribution in [1.29, 1.82) is 0 Å². The lowest BCUT2D eigenvalue weighted by atomic mass is 10.1. The Morgan fingerprint density at radius 1 is 1.19 bits per heavy atom. The number of hydrogen-bond acceptors (Lipinski definition) is 4. The molecule has 0 bridgehead atoms. The van der Waals surface area contributed by atoms with Gasteiger partial charge >= 0.3 is 0 Å². The van der Waals surface area contributed by atoms with Crippen molar-refractivity contribution < 1.29 is 4.79 Å². The second kappa shape index (κ2) is 6.03. The molecule has 1 aliphatic rings. The molecule has 0 fully saturated rings. The van der Waals surface area contributed by atoms with Crippen LogP contribution in [0.25, 0.3) is 21.6 Å². The number of para-hydroxylation sites is 1. The van der Waals surface area contributed by atoms with Crippen molar-refractivity contribution in [2.45, 2.75) is 13.3 Å². The molecule has 0 atom stereocenters. The second-order valence-corrected chi connectivity index (χ2v) is 7.72. The number of amides is 1. The van der Waals surface area contributed by atoms with Crippen molar-refractivity contribution in [3.8, 4) is 10.6 Å². The number of aryl methyl sites for hydroxylation is 2. The molecule has 0 saturated heterocycles. The number of fused-ring (bicyclic) bond motifs is 2. The molecule has 0 aliphatic carbocycles. The van der Waals surface area contributed by atoms with Crippen LogP contribution in [0.4, 0.5) is 5.69 Å². The lowest BCUT2D eigenvalue weighted by Gasteiger charge is -2.18. The third-order valence-electron chi connectivity index (χ3n) is 5.11. The van der Waals surface area contributed by atoms with Gasteiger partial charge in [-0.25, -0.2) is 4.98 Å². The number of benzene rings is 1. The SMILES string of the molecule is Cc1nn(C)c2nc(-c3cccs3)cc(C(=O)N3CCc4ccccc43)c12. The van der Waals surface area contributed by atoms with Crippen molar-refractivity contribution in [3.05, 3.63) is 64.7 Å².